The van der Waals surface area contributed by atoms with Crippen LogP contribution in [0.4, 0.5) is 0 Å². The van der Waals surface area contributed by atoms with Gasteiger partial charge in [-0.25, -0.2) is 0 Å². The lowest BCUT2D eigenvalue weighted by Crippen LogP contribution is -2.56. The van der Waals surface area contributed by atoms with Crippen molar-refractivity contribution in [3.05, 3.63) is 0 Å². The molecule has 0 aromatic heterocycles. The zero-order valence-corrected chi connectivity index (χ0v) is 13.3. The molecule has 1 fully saturated rings. The Morgan fingerprint density at radius 2 is 1.72 bits per heavy atom. The molecule has 1 heterocycles. The molecule has 108 valence electrons. The van der Waals surface area contributed by atoms with E-state index in [0.29, 0.717) is 11.6 Å². The van der Waals surface area contributed by atoms with E-state index in [0.717, 1.165) is 12.5 Å². The molecule has 0 aromatic carbocycles. The van der Waals surface area contributed by atoms with E-state index < -0.39 is 0 Å². The maximum absolute atomic E-state index is 3.73. The van der Waals surface area contributed by atoms with Crippen molar-refractivity contribution in [2.24, 2.45) is 5.92 Å². The molecule has 1 aliphatic rings. The van der Waals surface area contributed by atoms with E-state index in [1.54, 1.807) is 0 Å². The fourth-order valence-corrected chi connectivity index (χ4v) is 3.20. The third-order valence-corrected chi connectivity index (χ3v) is 4.50. The van der Waals surface area contributed by atoms with Gasteiger partial charge in [-0.05, 0) is 58.7 Å². The van der Waals surface area contributed by atoms with Crippen LogP contribution in [0.1, 0.15) is 66.7 Å². The minimum absolute atomic E-state index is 0.309. The summed E-state index contributed by atoms with van der Waals surface area (Å²) in [6, 6.07) is 0.638. The van der Waals surface area contributed by atoms with Crippen LogP contribution in [0.25, 0.3) is 0 Å². The maximum Gasteiger partial charge on any atom is 0.0306 e. The van der Waals surface area contributed by atoms with Crippen LogP contribution < -0.4 is 5.32 Å². The van der Waals surface area contributed by atoms with Crippen LogP contribution in [0.3, 0.4) is 0 Å². The number of likely N-dealkylation sites (tertiary alicyclic amines) is 1. The van der Waals surface area contributed by atoms with Crippen LogP contribution in [0.15, 0.2) is 0 Å². The van der Waals surface area contributed by atoms with Crippen molar-refractivity contribution in [3.8, 4) is 0 Å². The summed E-state index contributed by atoms with van der Waals surface area (Å²) < 4.78 is 0. The summed E-state index contributed by atoms with van der Waals surface area (Å²) in [4.78, 5) is 2.69. The molecular formula is C16H34N2. The van der Waals surface area contributed by atoms with Crippen LogP contribution in [0.2, 0.25) is 0 Å². The molecular weight excluding hydrogens is 220 g/mol. The first-order valence-corrected chi connectivity index (χ1v) is 7.97. The van der Waals surface area contributed by atoms with E-state index in [1.165, 1.54) is 45.2 Å². The van der Waals surface area contributed by atoms with Gasteiger partial charge in [-0.3, -0.25) is 4.90 Å². The molecule has 1 aliphatic heterocycles. The third-order valence-electron chi connectivity index (χ3n) is 4.50. The van der Waals surface area contributed by atoms with Gasteiger partial charge in [-0.1, -0.05) is 33.6 Å². The van der Waals surface area contributed by atoms with Gasteiger partial charge in [-0.15, -0.1) is 0 Å². The summed E-state index contributed by atoms with van der Waals surface area (Å²) in [6.07, 6.45) is 6.79. The highest BCUT2D eigenvalue weighted by atomic mass is 15.2. The average Bonchev–Trinajstić information content (AvgIpc) is 2.81. The predicted octanol–water partition coefficient (Wildman–Crippen LogP) is 3.67. The first kappa shape index (κ1) is 16.0. The molecule has 18 heavy (non-hydrogen) atoms. The SMILES string of the molecule is CCNC(CCCC(C)C)C(C)(C)N1CCCC1. The van der Waals surface area contributed by atoms with Gasteiger partial charge in [0.1, 0.15) is 0 Å². The van der Waals surface area contributed by atoms with Crippen LogP contribution in [0, 0.1) is 5.92 Å². The van der Waals surface area contributed by atoms with Crippen molar-refractivity contribution >= 4 is 0 Å². The van der Waals surface area contributed by atoms with Crippen molar-refractivity contribution in [1.29, 1.82) is 0 Å². The van der Waals surface area contributed by atoms with Gasteiger partial charge >= 0.3 is 0 Å². The molecule has 0 amide bonds. The fraction of sp³-hybridized carbons (Fsp3) is 1.00. The second-order valence-electron chi connectivity index (χ2n) is 6.78. The Morgan fingerprint density at radius 3 is 2.22 bits per heavy atom. The lowest BCUT2D eigenvalue weighted by Gasteiger charge is -2.43. The standard InChI is InChI=1S/C16H34N2/c1-6-17-15(11-9-10-14(2)3)16(4,5)18-12-7-8-13-18/h14-15,17H,6-13H2,1-5H3. The fourth-order valence-electron chi connectivity index (χ4n) is 3.20. The minimum atomic E-state index is 0.309. The predicted molar refractivity (Wildman–Crippen MR) is 81.0 cm³/mol. The molecule has 0 bridgehead atoms. The largest absolute Gasteiger partial charge is 0.312 e. The summed E-state index contributed by atoms with van der Waals surface area (Å²) in [6.45, 7) is 15.4. The first-order chi connectivity index (χ1) is 8.48. The normalized spacial score (nSPS) is 19.7. The number of hydrogen-bond donors (Lipinski definition) is 1. The van der Waals surface area contributed by atoms with Gasteiger partial charge in [0.15, 0.2) is 0 Å². The zero-order chi connectivity index (χ0) is 13.6. The smallest absolute Gasteiger partial charge is 0.0306 e. The zero-order valence-electron chi connectivity index (χ0n) is 13.3. The molecule has 2 heteroatoms. The van der Waals surface area contributed by atoms with E-state index in [2.05, 4.69) is 44.8 Å². The van der Waals surface area contributed by atoms with Crippen LogP contribution >= 0.6 is 0 Å². The van der Waals surface area contributed by atoms with Gasteiger partial charge in [-0.2, -0.15) is 0 Å². The highest BCUT2D eigenvalue weighted by Gasteiger charge is 2.35. The van der Waals surface area contributed by atoms with Crippen molar-refractivity contribution in [2.45, 2.75) is 78.3 Å². The summed E-state index contributed by atoms with van der Waals surface area (Å²) >= 11 is 0. The topological polar surface area (TPSA) is 15.3 Å². The Bertz CT molecular complexity index is 217. The van der Waals surface area contributed by atoms with Crippen molar-refractivity contribution in [2.75, 3.05) is 19.6 Å². The number of nitrogens with one attached hydrogen (secondary N) is 1. The molecule has 1 unspecified atom stereocenters. The summed E-state index contributed by atoms with van der Waals surface area (Å²) in [7, 11) is 0. The number of likely N-dealkylation sites (N-methyl/N-ethyl adjacent to an activating group) is 1. The Kier molecular flexibility index (Phi) is 6.65. The van der Waals surface area contributed by atoms with E-state index in [9.17, 15) is 0 Å². The Labute approximate surface area is 115 Å². The molecule has 0 spiro atoms. The monoisotopic (exact) mass is 254 g/mol. The molecule has 1 N–H and O–H groups in total. The van der Waals surface area contributed by atoms with Gasteiger partial charge in [0, 0.05) is 11.6 Å². The number of nitrogens with zero attached hydrogens (tertiary/aromatic N) is 1. The molecule has 1 saturated heterocycles. The van der Waals surface area contributed by atoms with Crippen molar-refractivity contribution in [1.82, 2.24) is 10.2 Å². The van der Waals surface area contributed by atoms with E-state index in [4.69, 9.17) is 0 Å². The lowest BCUT2D eigenvalue weighted by atomic mass is 9.87. The molecule has 1 atom stereocenters. The van der Waals surface area contributed by atoms with Crippen LogP contribution in [0.5, 0.6) is 0 Å². The second kappa shape index (κ2) is 7.49. The second-order valence-corrected chi connectivity index (χ2v) is 6.78. The van der Waals surface area contributed by atoms with Gasteiger partial charge in [0.25, 0.3) is 0 Å². The number of rotatable bonds is 8. The van der Waals surface area contributed by atoms with Gasteiger partial charge < -0.3 is 5.32 Å². The van der Waals surface area contributed by atoms with Gasteiger partial charge in [0.2, 0.25) is 0 Å². The van der Waals surface area contributed by atoms with Gasteiger partial charge in [0.05, 0.1) is 0 Å². The third kappa shape index (κ3) is 4.55. The van der Waals surface area contributed by atoms with Crippen LogP contribution in [-0.2, 0) is 0 Å². The molecule has 1 rings (SSSR count). The molecule has 0 aromatic rings. The molecule has 2 nitrogen and oxygen atoms in total. The van der Waals surface area contributed by atoms with E-state index in [-0.39, 0.29) is 0 Å². The van der Waals surface area contributed by atoms with E-state index >= 15 is 0 Å². The van der Waals surface area contributed by atoms with Crippen molar-refractivity contribution in [3.63, 3.8) is 0 Å². The van der Waals surface area contributed by atoms with E-state index in [1.807, 2.05) is 0 Å². The Morgan fingerprint density at radius 1 is 1.11 bits per heavy atom. The Hall–Kier alpha value is -0.0800. The Balaban J connectivity index is 2.52. The first-order valence-electron chi connectivity index (χ1n) is 7.97. The minimum Gasteiger partial charge on any atom is -0.312 e. The highest BCUT2D eigenvalue weighted by Crippen LogP contribution is 2.27. The molecule has 0 saturated carbocycles. The number of hydrogen-bond acceptors (Lipinski definition) is 2. The quantitative estimate of drug-likeness (QED) is 0.711. The summed E-state index contributed by atoms with van der Waals surface area (Å²) in [5.41, 5.74) is 0.309. The van der Waals surface area contributed by atoms with Crippen LogP contribution in [-0.4, -0.2) is 36.1 Å². The maximum atomic E-state index is 3.73. The molecule has 0 radical (unpaired) electrons. The highest BCUT2D eigenvalue weighted by molar-refractivity contribution is 4.95. The molecule has 0 aliphatic carbocycles. The average molecular weight is 254 g/mol. The summed E-state index contributed by atoms with van der Waals surface area (Å²) in [5, 5.41) is 3.73. The summed E-state index contributed by atoms with van der Waals surface area (Å²) in [5.74, 6) is 0.835. The van der Waals surface area contributed by atoms with Crippen molar-refractivity contribution < 1.29 is 0 Å². The lowest BCUT2D eigenvalue weighted by molar-refractivity contribution is 0.101.